The molecule has 1 aromatic carbocycles. The van der Waals surface area contributed by atoms with Gasteiger partial charge in [-0.2, -0.15) is 0 Å². The molecule has 0 bridgehead atoms. The molecule has 1 aromatic heterocycles. The van der Waals surface area contributed by atoms with Crippen molar-refractivity contribution in [1.29, 1.82) is 0 Å². The molecule has 3 nitrogen and oxygen atoms in total. The maximum atomic E-state index is 12.0. The molecule has 0 fully saturated rings. The summed E-state index contributed by atoms with van der Waals surface area (Å²) in [5, 5.41) is 1.73. The van der Waals surface area contributed by atoms with Crippen molar-refractivity contribution < 1.29 is 8.42 Å². The number of benzene rings is 1. The van der Waals surface area contributed by atoms with E-state index in [2.05, 4.69) is 20.7 Å². The summed E-state index contributed by atoms with van der Waals surface area (Å²) in [4.78, 5) is 0. The van der Waals surface area contributed by atoms with E-state index in [1.807, 2.05) is 19.1 Å². The summed E-state index contributed by atoms with van der Waals surface area (Å²) in [5.74, 6) is 0. The van der Waals surface area contributed by atoms with Crippen LogP contribution in [0.5, 0.6) is 0 Å². The van der Waals surface area contributed by atoms with Crippen molar-refractivity contribution in [3.05, 3.63) is 45.7 Å². The van der Waals surface area contributed by atoms with Crippen LogP contribution in [-0.2, 0) is 10.0 Å². The second-order valence-electron chi connectivity index (χ2n) is 3.53. The van der Waals surface area contributed by atoms with Crippen LogP contribution in [0.25, 0.3) is 0 Å². The molecule has 0 amide bonds. The largest absolute Gasteiger partial charge is 0.279 e. The third-order valence-electron chi connectivity index (χ3n) is 2.13. The Balaban J connectivity index is 2.30. The van der Waals surface area contributed by atoms with Crippen molar-refractivity contribution in [2.75, 3.05) is 4.72 Å². The van der Waals surface area contributed by atoms with Gasteiger partial charge < -0.3 is 0 Å². The lowest BCUT2D eigenvalue weighted by atomic mass is 10.2. The van der Waals surface area contributed by atoms with Crippen LogP contribution in [0.4, 0.5) is 5.69 Å². The van der Waals surface area contributed by atoms with Crippen molar-refractivity contribution in [2.24, 2.45) is 0 Å². The molecule has 2 rings (SSSR count). The van der Waals surface area contributed by atoms with Gasteiger partial charge in [0.05, 0.1) is 0 Å². The van der Waals surface area contributed by atoms with Crippen LogP contribution in [0, 0.1) is 6.92 Å². The second kappa shape index (κ2) is 4.80. The highest BCUT2D eigenvalue weighted by atomic mass is 79.9. The van der Waals surface area contributed by atoms with Crippen molar-refractivity contribution in [2.45, 2.75) is 11.1 Å². The minimum atomic E-state index is -3.49. The molecule has 0 aliphatic carbocycles. The van der Waals surface area contributed by atoms with E-state index in [9.17, 15) is 8.42 Å². The first-order valence-electron chi connectivity index (χ1n) is 4.81. The average molecular weight is 332 g/mol. The molecule has 0 aliphatic rings. The normalized spacial score (nSPS) is 11.4. The van der Waals surface area contributed by atoms with Gasteiger partial charge in [0.25, 0.3) is 10.0 Å². The Bertz CT molecular complexity index is 617. The molecule has 0 radical (unpaired) electrons. The summed E-state index contributed by atoms with van der Waals surface area (Å²) in [6.45, 7) is 1.95. The number of anilines is 1. The number of hydrogen-bond donors (Lipinski definition) is 1. The highest BCUT2D eigenvalue weighted by Gasteiger charge is 2.18. The number of nitrogens with one attached hydrogen (secondary N) is 1. The van der Waals surface area contributed by atoms with Crippen LogP contribution >= 0.6 is 27.3 Å². The number of aryl methyl sites for hydroxylation is 1. The smallest absolute Gasteiger partial charge is 0.272 e. The molecule has 2 aromatic rings. The number of hydrogen-bond acceptors (Lipinski definition) is 3. The third-order valence-corrected chi connectivity index (χ3v) is 6.18. The molecule has 1 heterocycles. The van der Waals surface area contributed by atoms with Gasteiger partial charge in [0.15, 0.2) is 4.21 Å². The van der Waals surface area contributed by atoms with Gasteiger partial charge in [-0.25, -0.2) is 8.42 Å². The number of thiophene rings is 1. The minimum Gasteiger partial charge on any atom is -0.279 e. The van der Waals surface area contributed by atoms with Gasteiger partial charge in [0.1, 0.15) is 0 Å². The first-order chi connectivity index (χ1) is 7.99. The van der Waals surface area contributed by atoms with Crippen molar-refractivity contribution in [3.8, 4) is 0 Å². The summed E-state index contributed by atoms with van der Waals surface area (Å²) in [7, 11) is -3.49. The molecule has 0 spiro atoms. The first-order valence-corrected chi connectivity index (χ1v) is 7.97. The van der Waals surface area contributed by atoms with Crippen LogP contribution in [0.15, 0.2) is 44.4 Å². The van der Waals surface area contributed by atoms with Crippen LogP contribution in [0.3, 0.4) is 0 Å². The van der Waals surface area contributed by atoms with Crippen LogP contribution < -0.4 is 4.72 Å². The van der Waals surface area contributed by atoms with Gasteiger partial charge in [0, 0.05) is 10.2 Å². The third kappa shape index (κ3) is 2.88. The number of rotatable bonds is 3. The Morgan fingerprint density at radius 1 is 1.18 bits per heavy atom. The predicted molar refractivity (Wildman–Crippen MR) is 74.0 cm³/mol. The van der Waals surface area contributed by atoms with Crippen molar-refractivity contribution >= 4 is 43.0 Å². The maximum Gasteiger partial charge on any atom is 0.272 e. The topological polar surface area (TPSA) is 46.2 Å². The molecule has 17 heavy (non-hydrogen) atoms. The zero-order chi connectivity index (χ0) is 12.5. The molecule has 0 aliphatic heterocycles. The lowest BCUT2D eigenvalue weighted by Gasteiger charge is -2.06. The molecular formula is C11H10BrNO2S2. The van der Waals surface area contributed by atoms with E-state index >= 15 is 0 Å². The van der Waals surface area contributed by atoms with E-state index in [1.54, 1.807) is 23.6 Å². The summed E-state index contributed by atoms with van der Waals surface area (Å²) in [6, 6.07) is 8.93. The number of halogens is 1. The summed E-state index contributed by atoms with van der Waals surface area (Å²) >= 11 is 4.40. The molecule has 1 N–H and O–H groups in total. The Kier molecular flexibility index (Phi) is 3.56. The Hall–Kier alpha value is -0.850. The van der Waals surface area contributed by atoms with Gasteiger partial charge in [0.2, 0.25) is 0 Å². The van der Waals surface area contributed by atoms with Crippen LogP contribution in [0.1, 0.15) is 5.56 Å². The molecule has 6 heteroatoms. The lowest BCUT2D eigenvalue weighted by Crippen LogP contribution is -2.11. The number of sulfonamides is 1. The van der Waals surface area contributed by atoms with Crippen molar-refractivity contribution in [3.63, 3.8) is 0 Å². The van der Waals surface area contributed by atoms with Crippen LogP contribution in [-0.4, -0.2) is 8.42 Å². The Morgan fingerprint density at radius 2 is 1.82 bits per heavy atom. The summed E-state index contributed by atoms with van der Waals surface area (Å²) in [6.07, 6.45) is 0. The lowest BCUT2D eigenvalue weighted by molar-refractivity contribution is 0.603. The zero-order valence-electron chi connectivity index (χ0n) is 8.98. The molecule has 0 atom stereocenters. The van der Waals surface area contributed by atoms with E-state index in [-0.39, 0.29) is 4.21 Å². The van der Waals surface area contributed by atoms with Gasteiger partial charge >= 0.3 is 0 Å². The predicted octanol–water partition coefficient (Wildman–Crippen LogP) is 3.62. The van der Waals surface area contributed by atoms with E-state index in [0.29, 0.717) is 10.2 Å². The Morgan fingerprint density at radius 3 is 2.35 bits per heavy atom. The van der Waals surface area contributed by atoms with Gasteiger partial charge in [-0.15, -0.1) is 11.3 Å². The summed E-state index contributed by atoms with van der Waals surface area (Å²) < 4.78 is 27.5. The fraction of sp³-hybridized carbons (Fsp3) is 0.0909. The minimum absolute atomic E-state index is 0.290. The maximum absolute atomic E-state index is 12.0. The fourth-order valence-electron chi connectivity index (χ4n) is 1.29. The second-order valence-corrected chi connectivity index (χ2v) is 7.18. The van der Waals surface area contributed by atoms with E-state index in [1.165, 1.54) is 11.3 Å². The van der Waals surface area contributed by atoms with Gasteiger partial charge in [-0.3, -0.25) is 4.72 Å². The monoisotopic (exact) mass is 331 g/mol. The molecule has 0 unspecified atom stereocenters. The fourth-order valence-corrected chi connectivity index (χ4v) is 4.69. The van der Waals surface area contributed by atoms with E-state index in [4.69, 9.17) is 0 Å². The molecule has 90 valence electrons. The van der Waals surface area contributed by atoms with E-state index in [0.717, 1.165) is 5.56 Å². The Labute approximate surface area is 113 Å². The summed E-state index contributed by atoms with van der Waals surface area (Å²) in [5.41, 5.74) is 1.65. The average Bonchev–Trinajstić information content (AvgIpc) is 2.68. The molecular weight excluding hydrogens is 322 g/mol. The zero-order valence-corrected chi connectivity index (χ0v) is 12.2. The van der Waals surface area contributed by atoms with E-state index < -0.39 is 10.0 Å². The standard InChI is InChI=1S/C11H10BrNO2S2/c1-8-2-4-9(5-3-8)13-17(14,15)11-10(12)6-7-16-11/h2-7,13H,1H3. The molecule has 0 saturated heterocycles. The highest BCUT2D eigenvalue weighted by Crippen LogP contribution is 2.29. The highest BCUT2D eigenvalue weighted by molar-refractivity contribution is 9.10. The molecule has 0 saturated carbocycles. The van der Waals surface area contributed by atoms with Crippen molar-refractivity contribution in [1.82, 2.24) is 0 Å². The SMILES string of the molecule is Cc1ccc(NS(=O)(=O)c2sccc2Br)cc1. The van der Waals surface area contributed by atoms with Gasteiger partial charge in [-0.1, -0.05) is 17.7 Å². The quantitative estimate of drug-likeness (QED) is 0.933. The van der Waals surface area contributed by atoms with Gasteiger partial charge in [-0.05, 0) is 46.4 Å². The first kappa shape index (κ1) is 12.6. The van der Waals surface area contributed by atoms with Crippen LogP contribution in [0.2, 0.25) is 0 Å².